The third-order valence-electron chi connectivity index (χ3n) is 5.60. The summed E-state index contributed by atoms with van der Waals surface area (Å²) in [5.41, 5.74) is 2.05. The van der Waals surface area contributed by atoms with Gasteiger partial charge in [0.05, 0.1) is 36.7 Å². The zero-order chi connectivity index (χ0) is 23.6. The highest BCUT2D eigenvalue weighted by Crippen LogP contribution is 2.33. The summed E-state index contributed by atoms with van der Waals surface area (Å²) < 4.78 is 27.7. The van der Waals surface area contributed by atoms with Crippen molar-refractivity contribution in [1.29, 1.82) is 5.26 Å². The molecule has 2 unspecified atom stereocenters. The van der Waals surface area contributed by atoms with Gasteiger partial charge in [0, 0.05) is 30.1 Å². The van der Waals surface area contributed by atoms with Crippen molar-refractivity contribution in [2.24, 2.45) is 0 Å². The van der Waals surface area contributed by atoms with Crippen molar-refractivity contribution in [3.05, 3.63) is 53.2 Å². The molecule has 1 saturated heterocycles. The molecule has 0 saturated carbocycles. The molecule has 33 heavy (non-hydrogen) atoms. The topological polar surface area (TPSA) is 67.5 Å². The monoisotopic (exact) mass is 523 g/mol. The third kappa shape index (κ3) is 5.23. The maximum atomic E-state index is 12.3. The van der Waals surface area contributed by atoms with Gasteiger partial charge in [-0.25, -0.2) is 8.51 Å². The average Bonchev–Trinajstić information content (AvgIpc) is 3.43. The van der Waals surface area contributed by atoms with Gasteiger partial charge in [-0.2, -0.15) is 5.26 Å². The molecule has 0 radical (unpaired) electrons. The van der Waals surface area contributed by atoms with E-state index in [-0.39, 0.29) is 12.6 Å². The van der Waals surface area contributed by atoms with Crippen molar-refractivity contribution in [2.75, 3.05) is 31.9 Å². The Hall–Kier alpha value is -2.02. The van der Waals surface area contributed by atoms with Gasteiger partial charge in [-0.3, -0.25) is 0 Å². The summed E-state index contributed by atoms with van der Waals surface area (Å²) in [6.45, 7) is 1.46. The molecule has 2 heterocycles. The molecule has 1 aliphatic heterocycles. The zero-order valence-electron chi connectivity index (χ0n) is 18.0. The van der Waals surface area contributed by atoms with E-state index >= 15 is 0 Å². The van der Waals surface area contributed by atoms with Crippen LogP contribution in [0, 0.1) is 11.3 Å². The second kappa shape index (κ2) is 10.1. The van der Waals surface area contributed by atoms with Gasteiger partial charge in [0.25, 0.3) is 0 Å². The smallest absolute Gasteiger partial charge is 0.155 e. The lowest BCUT2D eigenvalue weighted by molar-refractivity contribution is 0.237. The first-order chi connectivity index (χ1) is 15.8. The maximum Gasteiger partial charge on any atom is 0.155 e. The van der Waals surface area contributed by atoms with E-state index in [0.717, 1.165) is 41.7 Å². The molecule has 1 fully saturated rings. The van der Waals surface area contributed by atoms with Gasteiger partial charge in [0.1, 0.15) is 25.0 Å². The summed E-state index contributed by atoms with van der Waals surface area (Å²) in [5.74, 6) is 1.38. The van der Waals surface area contributed by atoms with Crippen LogP contribution in [-0.4, -0.2) is 51.0 Å². The first kappa shape index (κ1) is 24.1. The Bertz CT molecular complexity index is 1320. The number of hydrogen-bond donors (Lipinski definition) is 0. The molecule has 6 nitrogen and oxygen atoms in total. The lowest BCUT2D eigenvalue weighted by Gasteiger charge is -2.24. The minimum atomic E-state index is -2.40. The molecule has 1 aromatic heterocycles. The van der Waals surface area contributed by atoms with Gasteiger partial charge in [-0.05, 0) is 60.4 Å². The minimum Gasteiger partial charge on any atom is -0.492 e. The number of aromatic nitrogens is 1. The van der Waals surface area contributed by atoms with E-state index in [1.54, 1.807) is 18.4 Å². The van der Waals surface area contributed by atoms with Crippen LogP contribution < -0.4 is 9.47 Å². The van der Waals surface area contributed by atoms with Crippen LogP contribution in [0.1, 0.15) is 18.4 Å². The molecule has 2 atom stereocenters. The standard InChI is InChI=1S/C23H23Cl2N3O3S2/c1-33(29,32)28-8-2-3-18(28)15-31-20-4-5-22-16(12-20)6-9-27(22)19-11-17(14-26)23(21(25)13-19)30-10-7-24/h4-6,9,11-13,18H,2-3,7-8,10,15H2,1H3. The maximum absolute atomic E-state index is 12.3. The number of benzene rings is 2. The third-order valence-corrected chi connectivity index (χ3v) is 7.95. The van der Waals surface area contributed by atoms with Crippen LogP contribution in [0.15, 0.2) is 42.6 Å². The minimum absolute atomic E-state index is 0.0615. The van der Waals surface area contributed by atoms with Gasteiger partial charge in [-0.1, -0.05) is 11.6 Å². The van der Waals surface area contributed by atoms with Crippen molar-refractivity contribution in [1.82, 2.24) is 8.87 Å². The summed E-state index contributed by atoms with van der Waals surface area (Å²) in [6, 6.07) is 13.5. The van der Waals surface area contributed by atoms with Gasteiger partial charge in [-0.15, -0.1) is 11.6 Å². The molecule has 4 rings (SSSR count). The van der Waals surface area contributed by atoms with Crippen LogP contribution in [-0.2, 0) is 19.9 Å². The number of fused-ring (bicyclic) bond motifs is 1. The Labute approximate surface area is 208 Å². The number of alkyl halides is 1. The molecule has 0 amide bonds. The van der Waals surface area contributed by atoms with Crippen LogP contribution in [0.3, 0.4) is 0 Å². The Morgan fingerprint density at radius 2 is 2.09 bits per heavy atom. The zero-order valence-corrected chi connectivity index (χ0v) is 21.1. The molecular formula is C23H23Cl2N3O3S2. The van der Waals surface area contributed by atoms with Crippen LogP contribution in [0.2, 0.25) is 5.02 Å². The molecule has 0 bridgehead atoms. The highest BCUT2D eigenvalue weighted by atomic mass is 35.5. The molecule has 0 aliphatic carbocycles. The quantitative estimate of drug-likeness (QED) is 0.392. The molecule has 0 N–H and O–H groups in total. The number of hydrogen-bond acceptors (Lipinski definition) is 5. The van der Waals surface area contributed by atoms with Crippen molar-refractivity contribution in [3.8, 4) is 23.3 Å². The summed E-state index contributed by atoms with van der Waals surface area (Å²) in [4.78, 5) is 0. The first-order valence-electron chi connectivity index (χ1n) is 10.5. The van der Waals surface area contributed by atoms with Crippen LogP contribution in [0.25, 0.3) is 16.6 Å². The lowest BCUT2D eigenvalue weighted by atomic mass is 10.2. The second-order valence-electron chi connectivity index (χ2n) is 7.84. The highest BCUT2D eigenvalue weighted by Gasteiger charge is 2.29. The molecule has 3 aromatic rings. The summed E-state index contributed by atoms with van der Waals surface area (Å²) in [6.07, 6.45) is 5.42. The molecule has 174 valence electrons. The lowest BCUT2D eigenvalue weighted by Crippen LogP contribution is -2.37. The van der Waals surface area contributed by atoms with E-state index in [2.05, 4.69) is 6.07 Å². The number of nitriles is 1. The first-order valence-corrected chi connectivity index (χ1v) is 14.2. The largest absolute Gasteiger partial charge is 0.492 e. The molecule has 2 aromatic carbocycles. The SMILES string of the molecule is CS(=O)(=S)N1CCCC1COc1ccc2c(ccn2-c2cc(Cl)c(OCCCl)c(C#N)c2)c1. The summed E-state index contributed by atoms with van der Waals surface area (Å²) >= 11 is 17.3. The summed E-state index contributed by atoms with van der Waals surface area (Å²) in [5, 5.41) is 10.9. The second-order valence-corrected chi connectivity index (χ2v) is 12.4. The van der Waals surface area contributed by atoms with E-state index < -0.39 is 8.68 Å². The van der Waals surface area contributed by atoms with Crippen molar-refractivity contribution >= 4 is 54.0 Å². The van der Waals surface area contributed by atoms with E-state index in [4.69, 9.17) is 43.9 Å². The van der Waals surface area contributed by atoms with Crippen LogP contribution in [0.5, 0.6) is 11.5 Å². The van der Waals surface area contributed by atoms with Crippen molar-refractivity contribution in [3.63, 3.8) is 0 Å². The van der Waals surface area contributed by atoms with E-state index in [1.807, 2.05) is 39.3 Å². The van der Waals surface area contributed by atoms with Crippen molar-refractivity contribution in [2.45, 2.75) is 18.9 Å². The van der Waals surface area contributed by atoms with E-state index in [9.17, 15) is 9.47 Å². The predicted octanol–water partition coefficient (Wildman–Crippen LogP) is 4.91. The van der Waals surface area contributed by atoms with E-state index in [0.29, 0.717) is 28.8 Å². The Morgan fingerprint density at radius 3 is 2.82 bits per heavy atom. The Balaban J connectivity index is 1.56. The van der Waals surface area contributed by atoms with Crippen LogP contribution in [0.4, 0.5) is 0 Å². The number of rotatable bonds is 8. The summed E-state index contributed by atoms with van der Waals surface area (Å²) in [7, 11) is -2.40. The van der Waals surface area contributed by atoms with Crippen molar-refractivity contribution < 1.29 is 13.7 Å². The Kier molecular flexibility index (Phi) is 7.37. The fourth-order valence-electron chi connectivity index (χ4n) is 4.13. The molecule has 1 aliphatic rings. The Morgan fingerprint density at radius 1 is 1.27 bits per heavy atom. The molecule has 0 spiro atoms. The number of nitrogens with zero attached hydrogens (tertiary/aromatic N) is 3. The fraction of sp³-hybridized carbons (Fsp3) is 0.348. The average molecular weight is 524 g/mol. The molecule has 10 heteroatoms. The van der Waals surface area contributed by atoms with Crippen LogP contribution >= 0.6 is 23.2 Å². The van der Waals surface area contributed by atoms with E-state index in [1.165, 1.54) is 0 Å². The molecular weight excluding hydrogens is 501 g/mol. The van der Waals surface area contributed by atoms with Gasteiger partial charge < -0.3 is 14.0 Å². The number of ether oxygens (including phenoxy) is 2. The fourth-order valence-corrected chi connectivity index (χ4v) is 6.23. The highest BCUT2D eigenvalue weighted by molar-refractivity contribution is 8.31. The predicted molar refractivity (Wildman–Crippen MR) is 136 cm³/mol. The normalized spacial score (nSPS) is 18.2. The number of halogens is 2. The van der Waals surface area contributed by atoms with Gasteiger partial charge >= 0.3 is 0 Å². The van der Waals surface area contributed by atoms with Gasteiger partial charge in [0.15, 0.2) is 5.75 Å². The van der Waals surface area contributed by atoms with Gasteiger partial charge in [0.2, 0.25) is 0 Å².